The SMILES string of the molecule is O=C1c2c(Br)c(Br)c(Br)c(Br)c2C(=O)C1c1nc2ccccc2s1. The van der Waals surface area contributed by atoms with E-state index in [0.717, 1.165) is 10.2 Å². The van der Waals surface area contributed by atoms with Crippen LogP contribution in [0.4, 0.5) is 0 Å². The molecule has 3 nitrogen and oxygen atoms in total. The second-order valence-electron chi connectivity index (χ2n) is 5.19. The molecule has 0 fully saturated rings. The van der Waals surface area contributed by atoms with Crippen molar-refractivity contribution in [2.75, 3.05) is 0 Å². The fourth-order valence-corrected chi connectivity index (χ4v) is 6.31. The van der Waals surface area contributed by atoms with Gasteiger partial charge in [-0.2, -0.15) is 0 Å². The van der Waals surface area contributed by atoms with Gasteiger partial charge in [0, 0.05) is 29.0 Å². The zero-order valence-corrected chi connectivity index (χ0v) is 18.7. The molecule has 8 heteroatoms. The second kappa shape index (κ2) is 6.09. The van der Waals surface area contributed by atoms with Gasteiger partial charge in [-0.05, 0) is 75.9 Å². The fourth-order valence-electron chi connectivity index (χ4n) is 2.74. The molecule has 0 radical (unpaired) electrons. The first-order valence-corrected chi connectivity index (χ1v) is 10.7. The van der Waals surface area contributed by atoms with Crippen molar-refractivity contribution in [3.63, 3.8) is 0 Å². The number of carbonyl (C=O) groups is 2. The number of Topliss-reactive ketones (excluding diaryl/α,β-unsaturated/α-hetero) is 2. The van der Waals surface area contributed by atoms with Crippen molar-refractivity contribution in [3.8, 4) is 0 Å². The smallest absolute Gasteiger partial charge is 0.182 e. The van der Waals surface area contributed by atoms with Gasteiger partial charge in [0.05, 0.1) is 10.2 Å². The standard InChI is InChI=1S/C16H5Br4NO2S/c17-10-7-8(11(18)13(20)12(10)19)15(23)9(14(7)22)16-21-5-3-1-2-4-6(5)24-16/h1-4,9H. The van der Waals surface area contributed by atoms with Gasteiger partial charge in [0.1, 0.15) is 10.9 Å². The molecule has 1 heterocycles. The summed E-state index contributed by atoms with van der Waals surface area (Å²) >= 11 is 15.1. The molecule has 120 valence electrons. The lowest BCUT2D eigenvalue weighted by Gasteiger charge is -2.08. The van der Waals surface area contributed by atoms with Crippen LogP contribution in [0, 0.1) is 0 Å². The Bertz CT molecular complexity index is 980. The lowest BCUT2D eigenvalue weighted by Crippen LogP contribution is -2.12. The maximum atomic E-state index is 13.0. The summed E-state index contributed by atoms with van der Waals surface area (Å²) in [5.74, 6) is -1.34. The van der Waals surface area contributed by atoms with E-state index in [0.29, 0.717) is 34.0 Å². The Morgan fingerprint density at radius 2 is 1.38 bits per heavy atom. The van der Waals surface area contributed by atoms with Crippen molar-refractivity contribution >= 4 is 96.8 Å². The maximum absolute atomic E-state index is 13.0. The molecule has 1 aliphatic carbocycles. The third kappa shape index (κ3) is 2.34. The Hall–Kier alpha value is -0.410. The van der Waals surface area contributed by atoms with Crippen molar-refractivity contribution < 1.29 is 9.59 Å². The number of carbonyl (C=O) groups excluding carboxylic acids is 2. The highest BCUT2D eigenvalue weighted by Gasteiger charge is 2.45. The zero-order valence-electron chi connectivity index (χ0n) is 11.6. The van der Waals surface area contributed by atoms with Crippen molar-refractivity contribution in [3.05, 3.63) is 58.3 Å². The van der Waals surface area contributed by atoms with Gasteiger partial charge in [0.2, 0.25) is 0 Å². The van der Waals surface area contributed by atoms with Crippen LogP contribution >= 0.6 is 75.1 Å². The predicted octanol–water partition coefficient (Wildman–Crippen LogP) is 6.51. The predicted molar refractivity (Wildman–Crippen MR) is 108 cm³/mol. The van der Waals surface area contributed by atoms with Crippen LogP contribution in [0.25, 0.3) is 10.2 Å². The summed E-state index contributed by atoms with van der Waals surface area (Å²) in [6.45, 7) is 0. The van der Waals surface area contributed by atoms with Crippen molar-refractivity contribution in [2.24, 2.45) is 0 Å². The Kier molecular flexibility index (Phi) is 4.32. The molecule has 0 atom stereocenters. The van der Waals surface area contributed by atoms with Crippen molar-refractivity contribution in [1.82, 2.24) is 4.98 Å². The number of ketones is 2. The monoisotopic (exact) mass is 591 g/mol. The molecule has 0 amide bonds. The quantitative estimate of drug-likeness (QED) is 0.183. The van der Waals surface area contributed by atoms with E-state index in [1.54, 1.807) is 0 Å². The number of thiazole rings is 1. The Labute approximate surface area is 174 Å². The van der Waals surface area contributed by atoms with Crippen LogP contribution in [0.2, 0.25) is 0 Å². The summed E-state index contributed by atoms with van der Waals surface area (Å²) in [4.78, 5) is 30.5. The van der Waals surface area contributed by atoms with E-state index in [1.165, 1.54) is 11.3 Å². The van der Waals surface area contributed by atoms with E-state index in [4.69, 9.17) is 0 Å². The van der Waals surface area contributed by atoms with Crippen LogP contribution in [0.5, 0.6) is 0 Å². The minimum Gasteiger partial charge on any atom is -0.293 e. The summed E-state index contributed by atoms with van der Waals surface area (Å²) < 4.78 is 3.51. The molecule has 1 aromatic heterocycles. The summed E-state index contributed by atoms with van der Waals surface area (Å²) in [6.07, 6.45) is 0. The Morgan fingerprint density at radius 3 is 1.92 bits per heavy atom. The molecule has 0 saturated heterocycles. The van der Waals surface area contributed by atoms with E-state index in [-0.39, 0.29) is 11.6 Å². The van der Waals surface area contributed by atoms with Crippen molar-refractivity contribution in [1.29, 1.82) is 0 Å². The number of fused-ring (bicyclic) bond motifs is 2. The first-order valence-electron chi connectivity index (χ1n) is 6.71. The van der Waals surface area contributed by atoms with Crippen molar-refractivity contribution in [2.45, 2.75) is 5.92 Å². The molecule has 4 rings (SSSR count). The highest BCUT2D eigenvalue weighted by atomic mass is 79.9. The molecule has 0 spiro atoms. The van der Waals surface area contributed by atoms with Crippen LogP contribution in [-0.4, -0.2) is 16.6 Å². The van der Waals surface area contributed by atoms with Crippen LogP contribution in [0.15, 0.2) is 42.2 Å². The van der Waals surface area contributed by atoms with Gasteiger partial charge in [-0.1, -0.05) is 12.1 Å². The number of benzene rings is 2. The third-order valence-electron chi connectivity index (χ3n) is 3.84. The van der Waals surface area contributed by atoms with Gasteiger partial charge >= 0.3 is 0 Å². The van der Waals surface area contributed by atoms with Gasteiger partial charge in [0.25, 0.3) is 0 Å². The molecule has 2 aromatic carbocycles. The number of aromatic nitrogens is 1. The largest absolute Gasteiger partial charge is 0.293 e. The maximum Gasteiger partial charge on any atom is 0.182 e. The van der Waals surface area contributed by atoms with Gasteiger partial charge in [-0.25, -0.2) is 4.98 Å². The molecular formula is C16H5Br4NO2S. The van der Waals surface area contributed by atoms with Gasteiger partial charge < -0.3 is 0 Å². The van der Waals surface area contributed by atoms with E-state index in [9.17, 15) is 9.59 Å². The van der Waals surface area contributed by atoms with Crippen LogP contribution < -0.4 is 0 Å². The molecular weight excluding hydrogens is 590 g/mol. The summed E-state index contributed by atoms with van der Waals surface area (Å²) in [5.41, 5.74) is 1.59. The van der Waals surface area contributed by atoms with Gasteiger partial charge in [0.15, 0.2) is 11.6 Å². The lowest BCUT2D eigenvalue weighted by molar-refractivity contribution is 0.0889. The molecule has 0 N–H and O–H groups in total. The molecule has 0 saturated carbocycles. The number of rotatable bonds is 1. The highest BCUT2D eigenvalue weighted by Crippen LogP contribution is 2.48. The van der Waals surface area contributed by atoms with Crippen LogP contribution in [0.3, 0.4) is 0 Å². The van der Waals surface area contributed by atoms with Crippen LogP contribution in [-0.2, 0) is 0 Å². The average molecular weight is 595 g/mol. The minimum absolute atomic E-state index is 0.227. The molecule has 3 aromatic rings. The topological polar surface area (TPSA) is 47.0 Å². The number of para-hydroxylation sites is 1. The molecule has 1 aliphatic rings. The number of hydrogen-bond donors (Lipinski definition) is 0. The average Bonchev–Trinajstić information content (AvgIpc) is 3.09. The molecule has 0 aliphatic heterocycles. The number of halogens is 4. The van der Waals surface area contributed by atoms with E-state index in [1.807, 2.05) is 24.3 Å². The Balaban J connectivity index is 1.94. The second-order valence-corrected chi connectivity index (χ2v) is 9.42. The lowest BCUT2D eigenvalue weighted by atomic mass is 10.1. The highest BCUT2D eigenvalue weighted by molar-refractivity contribution is 9.15. The van der Waals surface area contributed by atoms with E-state index >= 15 is 0 Å². The molecule has 24 heavy (non-hydrogen) atoms. The van der Waals surface area contributed by atoms with E-state index in [2.05, 4.69) is 68.7 Å². The van der Waals surface area contributed by atoms with Crippen LogP contribution in [0.1, 0.15) is 31.6 Å². The minimum atomic E-state index is -0.883. The first-order chi connectivity index (χ1) is 11.4. The van der Waals surface area contributed by atoms with E-state index < -0.39 is 5.92 Å². The number of nitrogens with zero attached hydrogens (tertiary/aromatic N) is 1. The normalized spacial score (nSPS) is 14.7. The molecule has 0 unspecified atom stereocenters. The number of hydrogen-bond acceptors (Lipinski definition) is 4. The Morgan fingerprint density at radius 1 is 0.833 bits per heavy atom. The fraction of sp³-hybridized carbons (Fsp3) is 0.0625. The summed E-state index contributed by atoms with van der Waals surface area (Å²) in [6, 6.07) is 7.62. The molecule has 0 bridgehead atoms. The van der Waals surface area contributed by atoms with Gasteiger partial charge in [-0.15, -0.1) is 11.3 Å². The first kappa shape index (κ1) is 17.0. The zero-order chi connectivity index (χ0) is 17.2. The summed E-state index contributed by atoms with van der Waals surface area (Å²) in [5, 5.41) is 0.536. The van der Waals surface area contributed by atoms with Gasteiger partial charge in [-0.3, -0.25) is 9.59 Å². The third-order valence-corrected chi connectivity index (χ3v) is 9.71. The summed E-state index contributed by atoms with van der Waals surface area (Å²) in [7, 11) is 0.